The van der Waals surface area contributed by atoms with E-state index in [1.54, 1.807) is 24.3 Å². The molecule has 0 saturated heterocycles. The molecule has 1 aliphatic heterocycles. The Morgan fingerprint density at radius 2 is 1.86 bits per heavy atom. The van der Waals surface area contributed by atoms with Crippen LogP contribution < -0.4 is 15.2 Å². The SMILES string of the molecule is Nc1ccccc1CS(=O)(=O)NC1COc2ccccc21. The molecule has 110 valence electrons. The monoisotopic (exact) mass is 304 g/mol. The maximum atomic E-state index is 12.3. The zero-order chi connectivity index (χ0) is 14.9. The van der Waals surface area contributed by atoms with Crippen LogP contribution in [0.4, 0.5) is 5.69 Å². The number of nitrogens with one attached hydrogen (secondary N) is 1. The van der Waals surface area contributed by atoms with E-state index in [1.165, 1.54) is 0 Å². The van der Waals surface area contributed by atoms with E-state index in [2.05, 4.69) is 4.72 Å². The maximum Gasteiger partial charge on any atom is 0.216 e. The van der Waals surface area contributed by atoms with Crippen LogP contribution in [0.1, 0.15) is 17.2 Å². The Labute approximate surface area is 123 Å². The summed E-state index contributed by atoms with van der Waals surface area (Å²) in [5.41, 5.74) is 7.73. The van der Waals surface area contributed by atoms with Gasteiger partial charge in [0.1, 0.15) is 12.4 Å². The highest BCUT2D eigenvalue weighted by molar-refractivity contribution is 7.88. The van der Waals surface area contributed by atoms with Crippen LogP contribution in [0.2, 0.25) is 0 Å². The van der Waals surface area contributed by atoms with Gasteiger partial charge in [-0.2, -0.15) is 0 Å². The van der Waals surface area contributed by atoms with E-state index < -0.39 is 10.0 Å². The van der Waals surface area contributed by atoms with Crippen molar-refractivity contribution in [2.24, 2.45) is 0 Å². The van der Waals surface area contributed by atoms with Crippen LogP contribution in [-0.2, 0) is 15.8 Å². The fraction of sp³-hybridized carbons (Fsp3) is 0.200. The van der Waals surface area contributed by atoms with Gasteiger partial charge in [-0.25, -0.2) is 13.1 Å². The van der Waals surface area contributed by atoms with E-state index in [0.29, 0.717) is 17.9 Å². The topological polar surface area (TPSA) is 81.4 Å². The van der Waals surface area contributed by atoms with E-state index in [1.807, 2.05) is 24.3 Å². The first-order valence-electron chi connectivity index (χ1n) is 6.60. The van der Waals surface area contributed by atoms with Crippen LogP contribution in [0.5, 0.6) is 5.75 Å². The molecule has 0 aliphatic carbocycles. The average Bonchev–Trinajstić information content (AvgIpc) is 2.84. The number of nitrogen functional groups attached to an aromatic ring is 1. The summed E-state index contributed by atoms with van der Waals surface area (Å²) in [7, 11) is -3.49. The first-order chi connectivity index (χ1) is 10.1. The molecule has 3 rings (SSSR count). The van der Waals surface area contributed by atoms with Crippen LogP contribution in [0.25, 0.3) is 0 Å². The minimum Gasteiger partial charge on any atom is -0.491 e. The van der Waals surface area contributed by atoms with Gasteiger partial charge in [-0.3, -0.25) is 0 Å². The third-order valence-corrected chi connectivity index (χ3v) is 4.76. The predicted octanol–water partition coefficient (Wildman–Crippen LogP) is 1.82. The molecule has 0 fully saturated rings. The van der Waals surface area contributed by atoms with E-state index in [9.17, 15) is 8.42 Å². The van der Waals surface area contributed by atoms with Crippen molar-refractivity contribution in [2.45, 2.75) is 11.8 Å². The number of hydrogen-bond donors (Lipinski definition) is 2. The van der Waals surface area contributed by atoms with Crippen LogP contribution in [0.3, 0.4) is 0 Å². The first kappa shape index (κ1) is 13.9. The van der Waals surface area contributed by atoms with E-state index in [0.717, 1.165) is 11.3 Å². The Kier molecular flexibility index (Phi) is 3.57. The molecule has 1 atom stereocenters. The average molecular weight is 304 g/mol. The van der Waals surface area contributed by atoms with Gasteiger partial charge in [0.15, 0.2) is 0 Å². The van der Waals surface area contributed by atoms with E-state index in [4.69, 9.17) is 10.5 Å². The number of benzene rings is 2. The summed E-state index contributed by atoms with van der Waals surface area (Å²) in [6.45, 7) is 0.308. The molecule has 3 N–H and O–H groups in total. The lowest BCUT2D eigenvalue weighted by molar-refractivity contribution is 0.325. The molecule has 0 radical (unpaired) electrons. The quantitative estimate of drug-likeness (QED) is 0.844. The molecule has 0 spiro atoms. The summed E-state index contributed by atoms with van der Waals surface area (Å²) in [6, 6.07) is 14.0. The van der Waals surface area contributed by atoms with Crippen molar-refractivity contribution in [1.29, 1.82) is 0 Å². The van der Waals surface area contributed by atoms with Gasteiger partial charge in [-0.1, -0.05) is 36.4 Å². The molecule has 0 bridgehead atoms. The van der Waals surface area contributed by atoms with Gasteiger partial charge in [0.2, 0.25) is 10.0 Å². The fourth-order valence-electron chi connectivity index (χ4n) is 2.39. The second-order valence-electron chi connectivity index (χ2n) is 4.98. The number of sulfonamides is 1. The third-order valence-electron chi connectivity index (χ3n) is 3.42. The minimum atomic E-state index is -3.49. The summed E-state index contributed by atoms with van der Waals surface area (Å²) in [5, 5.41) is 0. The molecule has 1 unspecified atom stereocenters. The largest absolute Gasteiger partial charge is 0.491 e. The number of anilines is 1. The normalized spacial score (nSPS) is 17.2. The van der Waals surface area contributed by atoms with Gasteiger partial charge in [-0.05, 0) is 17.7 Å². The standard InChI is InChI=1S/C15H16N2O3S/c16-13-7-3-1-5-11(13)10-21(18,19)17-14-9-20-15-8-4-2-6-12(14)15/h1-8,14,17H,9-10,16H2. The second kappa shape index (κ2) is 5.38. The lowest BCUT2D eigenvalue weighted by Gasteiger charge is -2.13. The Hall–Kier alpha value is -2.05. The maximum absolute atomic E-state index is 12.3. The summed E-state index contributed by atoms with van der Waals surface area (Å²) in [5.74, 6) is 0.586. The van der Waals surface area contributed by atoms with Crippen LogP contribution in [0.15, 0.2) is 48.5 Å². The lowest BCUT2D eigenvalue weighted by Crippen LogP contribution is -2.30. The van der Waals surface area contributed by atoms with Gasteiger partial charge >= 0.3 is 0 Å². The van der Waals surface area contributed by atoms with Crippen molar-refractivity contribution >= 4 is 15.7 Å². The van der Waals surface area contributed by atoms with Crippen LogP contribution >= 0.6 is 0 Å². The summed E-state index contributed by atoms with van der Waals surface area (Å²) < 4.78 is 32.7. The van der Waals surface area contributed by atoms with E-state index in [-0.39, 0.29) is 11.8 Å². The molecular weight excluding hydrogens is 288 g/mol. The highest BCUT2D eigenvalue weighted by Gasteiger charge is 2.28. The highest BCUT2D eigenvalue weighted by atomic mass is 32.2. The van der Waals surface area contributed by atoms with Crippen molar-refractivity contribution in [3.63, 3.8) is 0 Å². The summed E-state index contributed by atoms with van der Waals surface area (Å²) >= 11 is 0. The Morgan fingerprint density at radius 1 is 1.14 bits per heavy atom. The van der Waals surface area contributed by atoms with Crippen molar-refractivity contribution in [2.75, 3.05) is 12.3 Å². The molecule has 0 saturated carbocycles. The molecular formula is C15H16N2O3S. The van der Waals surface area contributed by atoms with Crippen molar-refractivity contribution in [1.82, 2.24) is 4.72 Å². The zero-order valence-electron chi connectivity index (χ0n) is 11.3. The Morgan fingerprint density at radius 3 is 2.67 bits per heavy atom. The minimum absolute atomic E-state index is 0.141. The highest BCUT2D eigenvalue weighted by Crippen LogP contribution is 2.32. The molecule has 6 heteroatoms. The molecule has 2 aromatic carbocycles. The summed E-state index contributed by atoms with van der Waals surface area (Å²) in [4.78, 5) is 0. The lowest BCUT2D eigenvalue weighted by atomic mass is 10.1. The number of ether oxygens (including phenoxy) is 1. The van der Waals surface area contributed by atoms with Gasteiger partial charge in [-0.15, -0.1) is 0 Å². The van der Waals surface area contributed by atoms with Gasteiger partial charge in [0.25, 0.3) is 0 Å². The Bertz CT molecular complexity index is 759. The molecule has 0 aromatic heterocycles. The second-order valence-corrected chi connectivity index (χ2v) is 6.73. The van der Waals surface area contributed by atoms with Crippen molar-refractivity contribution in [3.05, 3.63) is 59.7 Å². The number of nitrogens with two attached hydrogens (primary N) is 1. The third kappa shape index (κ3) is 3.01. The number of hydrogen-bond acceptors (Lipinski definition) is 4. The number of fused-ring (bicyclic) bond motifs is 1. The van der Waals surface area contributed by atoms with Gasteiger partial charge < -0.3 is 10.5 Å². The number of rotatable bonds is 4. The summed E-state index contributed by atoms with van der Waals surface area (Å²) in [6.07, 6.45) is 0. The van der Waals surface area contributed by atoms with Gasteiger partial charge in [0, 0.05) is 11.3 Å². The molecule has 1 heterocycles. The van der Waals surface area contributed by atoms with Crippen molar-refractivity contribution < 1.29 is 13.2 Å². The van der Waals surface area contributed by atoms with Gasteiger partial charge in [0.05, 0.1) is 11.8 Å². The molecule has 5 nitrogen and oxygen atoms in total. The number of para-hydroxylation sites is 2. The molecule has 0 amide bonds. The van der Waals surface area contributed by atoms with Crippen LogP contribution in [0, 0.1) is 0 Å². The molecule has 21 heavy (non-hydrogen) atoms. The fourth-order valence-corrected chi connectivity index (χ4v) is 3.77. The van der Waals surface area contributed by atoms with Crippen molar-refractivity contribution in [3.8, 4) is 5.75 Å². The van der Waals surface area contributed by atoms with Crippen LogP contribution in [-0.4, -0.2) is 15.0 Å². The first-order valence-corrected chi connectivity index (χ1v) is 8.25. The Balaban J connectivity index is 1.77. The zero-order valence-corrected chi connectivity index (χ0v) is 12.1. The van der Waals surface area contributed by atoms with E-state index >= 15 is 0 Å². The predicted molar refractivity (Wildman–Crippen MR) is 81.3 cm³/mol. The smallest absolute Gasteiger partial charge is 0.216 e. The molecule has 2 aromatic rings. The molecule has 1 aliphatic rings.